The molecule has 8 nitrogen and oxygen atoms in total. The molecule has 2 aromatic rings. The van der Waals surface area contributed by atoms with E-state index in [1.165, 1.54) is 0 Å². The van der Waals surface area contributed by atoms with Gasteiger partial charge in [0.15, 0.2) is 0 Å². The van der Waals surface area contributed by atoms with Crippen LogP contribution in [0.2, 0.25) is 0 Å². The minimum absolute atomic E-state index is 0.0524. The summed E-state index contributed by atoms with van der Waals surface area (Å²) in [5.74, 6) is 0.125. The van der Waals surface area contributed by atoms with Crippen LogP contribution in [0, 0.1) is 5.92 Å². The third-order valence-electron chi connectivity index (χ3n) is 4.20. The van der Waals surface area contributed by atoms with Crippen LogP contribution in [0.5, 0.6) is 0 Å². The predicted molar refractivity (Wildman–Crippen MR) is 93.7 cm³/mol. The Morgan fingerprint density at radius 2 is 2.00 bits per heavy atom. The zero-order valence-electron chi connectivity index (χ0n) is 14.1. The van der Waals surface area contributed by atoms with Gasteiger partial charge in [-0.2, -0.15) is 0 Å². The number of rotatable bonds is 6. The Morgan fingerprint density at radius 1 is 1.23 bits per heavy atom. The zero-order chi connectivity index (χ0) is 18.5. The molecular weight excluding hydrogens is 336 g/mol. The molecule has 0 aliphatic carbocycles. The number of anilines is 1. The molecule has 0 spiro atoms. The minimum Gasteiger partial charge on any atom is -0.467 e. The summed E-state index contributed by atoms with van der Waals surface area (Å²) in [6.45, 7) is 1.11. The van der Waals surface area contributed by atoms with Gasteiger partial charge < -0.3 is 25.7 Å². The van der Waals surface area contributed by atoms with E-state index < -0.39 is 6.03 Å². The number of hydrogen-bond donors (Lipinski definition) is 3. The van der Waals surface area contributed by atoms with Crippen LogP contribution in [-0.2, 0) is 22.7 Å². The number of carbonyl (C=O) groups excluding carboxylic acids is 3. The van der Waals surface area contributed by atoms with Crippen LogP contribution in [0.15, 0.2) is 47.1 Å². The van der Waals surface area contributed by atoms with E-state index >= 15 is 0 Å². The molecule has 1 aromatic heterocycles. The van der Waals surface area contributed by atoms with Crippen molar-refractivity contribution in [3.8, 4) is 0 Å². The summed E-state index contributed by atoms with van der Waals surface area (Å²) in [5, 5.41) is 5.32. The smallest absolute Gasteiger partial charge is 0.316 e. The molecule has 1 aliphatic rings. The number of nitrogens with two attached hydrogens (primary N) is 1. The van der Waals surface area contributed by atoms with Gasteiger partial charge in [0.2, 0.25) is 11.8 Å². The molecule has 4 N–H and O–H groups in total. The Kier molecular flexibility index (Phi) is 5.21. The quantitative estimate of drug-likeness (QED) is 0.726. The van der Waals surface area contributed by atoms with Crippen molar-refractivity contribution in [2.45, 2.75) is 19.5 Å². The van der Waals surface area contributed by atoms with Gasteiger partial charge in [-0.05, 0) is 29.8 Å². The number of amides is 4. The van der Waals surface area contributed by atoms with Gasteiger partial charge in [0, 0.05) is 25.2 Å². The standard InChI is InChI=1S/C18H20N4O4/c19-18(25)21-14-5-3-12(4-6-14)9-20-17(24)13-8-16(23)22(10-13)11-15-2-1-7-26-15/h1-7,13H,8-11H2,(H,20,24)(H3,19,21,25). The zero-order valence-corrected chi connectivity index (χ0v) is 14.1. The highest BCUT2D eigenvalue weighted by atomic mass is 16.3. The Labute approximate surface area is 150 Å². The normalized spacial score (nSPS) is 16.5. The molecule has 1 fully saturated rings. The van der Waals surface area contributed by atoms with E-state index in [1.54, 1.807) is 47.6 Å². The highest BCUT2D eigenvalue weighted by Gasteiger charge is 2.34. The number of nitrogens with zero attached hydrogens (tertiary/aromatic N) is 1. The Bertz CT molecular complexity index is 786. The van der Waals surface area contributed by atoms with Gasteiger partial charge in [-0.25, -0.2) is 4.79 Å². The van der Waals surface area contributed by atoms with Crippen LogP contribution in [-0.4, -0.2) is 29.3 Å². The lowest BCUT2D eigenvalue weighted by Gasteiger charge is -2.15. The van der Waals surface area contributed by atoms with Crippen LogP contribution in [0.1, 0.15) is 17.7 Å². The number of hydrogen-bond acceptors (Lipinski definition) is 4. The van der Waals surface area contributed by atoms with Gasteiger partial charge >= 0.3 is 6.03 Å². The molecule has 0 radical (unpaired) electrons. The van der Waals surface area contributed by atoms with Crippen molar-refractivity contribution >= 4 is 23.5 Å². The third kappa shape index (κ3) is 4.41. The van der Waals surface area contributed by atoms with Gasteiger partial charge in [-0.15, -0.1) is 0 Å². The van der Waals surface area contributed by atoms with Crippen molar-refractivity contribution in [2.75, 3.05) is 11.9 Å². The van der Waals surface area contributed by atoms with E-state index in [1.807, 2.05) is 0 Å². The van der Waals surface area contributed by atoms with Crippen molar-refractivity contribution in [1.82, 2.24) is 10.2 Å². The first kappa shape index (κ1) is 17.5. The van der Waals surface area contributed by atoms with Crippen LogP contribution < -0.4 is 16.4 Å². The van der Waals surface area contributed by atoms with Crippen LogP contribution in [0.4, 0.5) is 10.5 Å². The average Bonchev–Trinajstić information content (AvgIpc) is 3.24. The minimum atomic E-state index is -0.629. The molecule has 1 aliphatic heterocycles. The Balaban J connectivity index is 1.49. The van der Waals surface area contributed by atoms with Crippen molar-refractivity contribution in [2.24, 2.45) is 11.7 Å². The van der Waals surface area contributed by atoms with Gasteiger partial charge in [-0.3, -0.25) is 9.59 Å². The predicted octanol–water partition coefficient (Wildman–Crippen LogP) is 1.44. The summed E-state index contributed by atoms with van der Waals surface area (Å²) in [4.78, 5) is 36.8. The monoisotopic (exact) mass is 356 g/mol. The first-order chi connectivity index (χ1) is 12.5. The highest BCUT2D eigenvalue weighted by molar-refractivity contribution is 5.89. The maximum atomic E-state index is 12.3. The average molecular weight is 356 g/mol. The summed E-state index contributed by atoms with van der Waals surface area (Å²) in [6.07, 6.45) is 1.76. The van der Waals surface area contributed by atoms with E-state index in [9.17, 15) is 14.4 Å². The SMILES string of the molecule is NC(=O)Nc1ccc(CNC(=O)C2CC(=O)N(Cc3ccco3)C2)cc1. The first-order valence-corrected chi connectivity index (χ1v) is 8.24. The Morgan fingerprint density at radius 3 is 2.65 bits per heavy atom. The molecule has 26 heavy (non-hydrogen) atoms. The fourth-order valence-corrected chi connectivity index (χ4v) is 2.87. The molecule has 1 unspecified atom stereocenters. The number of likely N-dealkylation sites (tertiary alicyclic amines) is 1. The maximum absolute atomic E-state index is 12.3. The fourth-order valence-electron chi connectivity index (χ4n) is 2.87. The van der Waals surface area contributed by atoms with E-state index in [0.717, 1.165) is 5.56 Å². The lowest BCUT2D eigenvalue weighted by atomic mass is 10.1. The molecule has 1 atom stereocenters. The number of primary amides is 1. The number of nitrogens with one attached hydrogen (secondary N) is 2. The summed E-state index contributed by atoms with van der Waals surface area (Å²) >= 11 is 0. The van der Waals surface area contributed by atoms with Crippen LogP contribution in [0.3, 0.4) is 0 Å². The van der Waals surface area contributed by atoms with E-state index in [0.29, 0.717) is 31.1 Å². The lowest BCUT2D eigenvalue weighted by molar-refractivity contribution is -0.129. The molecule has 0 saturated carbocycles. The molecule has 4 amide bonds. The number of urea groups is 1. The molecule has 136 valence electrons. The topological polar surface area (TPSA) is 118 Å². The van der Waals surface area contributed by atoms with Gasteiger partial charge in [0.05, 0.1) is 18.7 Å². The maximum Gasteiger partial charge on any atom is 0.316 e. The molecule has 8 heteroatoms. The van der Waals surface area contributed by atoms with E-state index in [4.69, 9.17) is 10.2 Å². The van der Waals surface area contributed by atoms with Gasteiger partial charge in [0.1, 0.15) is 5.76 Å². The van der Waals surface area contributed by atoms with Crippen molar-refractivity contribution in [1.29, 1.82) is 0 Å². The second kappa shape index (κ2) is 7.73. The van der Waals surface area contributed by atoms with Crippen LogP contribution in [0.25, 0.3) is 0 Å². The molecular formula is C18H20N4O4. The van der Waals surface area contributed by atoms with Crippen molar-refractivity contribution in [3.05, 3.63) is 54.0 Å². The van der Waals surface area contributed by atoms with Gasteiger partial charge in [0.25, 0.3) is 0 Å². The highest BCUT2D eigenvalue weighted by Crippen LogP contribution is 2.20. The first-order valence-electron chi connectivity index (χ1n) is 8.24. The number of benzene rings is 1. The van der Waals surface area contributed by atoms with Gasteiger partial charge in [-0.1, -0.05) is 12.1 Å². The number of furan rings is 1. The summed E-state index contributed by atoms with van der Waals surface area (Å²) < 4.78 is 5.25. The number of carbonyl (C=O) groups is 3. The second-order valence-corrected chi connectivity index (χ2v) is 6.16. The van der Waals surface area contributed by atoms with Crippen molar-refractivity contribution < 1.29 is 18.8 Å². The third-order valence-corrected chi connectivity index (χ3v) is 4.20. The molecule has 1 saturated heterocycles. The largest absolute Gasteiger partial charge is 0.467 e. The summed E-state index contributed by atoms with van der Waals surface area (Å²) in [5.41, 5.74) is 6.52. The second-order valence-electron chi connectivity index (χ2n) is 6.16. The summed E-state index contributed by atoms with van der Waals surface area (Å²) in [6, 6.07) is 9.92. The summed E-state index contributed by atoms with van der Waals surface area (Å²) in [7, 11) is 0. The Hall–Kier alpha value is -3.29. The van der Waals surface area contributed by atoms with Crippen molar-refractivity contribution in [3.63, 3.8) is 0 Å². The molecule has 2 heterocycles. The van der Waals surface area contributed by atoms with Crippen LogP contribution >= 0.6 is 0 Å². The van der Waals surface area contributed by atoms with E-state index in [-0.39, 0.29) is 24.2 Å². The lowest BCUT2D eigenvalue weighted by Crippen LogP contribution is -2.32. The van der Waals surface area contributed by atoms with E-state index in [2.05, 4.69) is 10.6 Å². The fraction of sp³-hybridized carbons (Fsp3) is 0.278. The molecule has 3 rings (SSSR count). The molecule has 1 aromatic carbocycles. The molecule has 0 bridgehead atoms.